The van der Waals surface area contributed by atoms with E-state index in [2.05, 4.69) is 0 Å². The molecule has 0 spiro atoms. The Kier molecular flexibility index (Phi) is 5.04. The largest absolute Gasteiger partial charge is 0.497 e. The first-order valence-electron chi connectivity index (χ1n) is 9.14. The van der Waals surface area contributed by atoms with Crippen molar-refractivity contribution < 1.29 is 18.3 Å². The molecule has 5 heteroatoms. The van der Waals surface area contributed by atoms with Gasteiger partial charge in [0.25, 0.3) is 0 Å². The lowest BCUT2D eigenvalue weighted by molar-refractivity contribution is 0.305. The number of hydrogen-bond donors (Lipinski definition) is 0. The van der Waals surface area contributed by atoms with Gasteiger partial charge in [-0.15, -0.1) is 0 Å². The smallest absolute Gasteiger partial charge is 0.344 e. The third-order valence-corrected chi connectivity index (χ3v) is 4.81. The fraction of sp³-hybridized carbons (Fsp3) is 0.125. The van der Waals surface area contributed by atoms with Crippen LogP contribution in [0.3, 0.4) is 0 Å². The van der Waals surface area contributed by atoms with Crippen molar-refractivity contribution in [2.24, 2.45) is 0 Å². The molecule has 0 amide bonds. The SMILES string of the molecule is COc1ccc(-c2c(C)c3ccc(OCc4cccc(F)c4)cc3oc2=O)cc1. The maximum Gasteiger partial charge on any atom is 0.344 e. The van der Waals surface area contributed by atoms with Crippen LogP contribution in [0.2, 0.25) is 0 Å². The molecule has 146 valence electrons. The van der Waals surface area contributed by atoms with Crippen molar-refractivity contribution >= 4 is 11.0 Å². The summed E-state index contributed by atoms with van der Waals surface area (Å²) < 4.78 is 29.8. The third-order valence-electron chi connectivity index (χ3n) is 4.81. The van der Waals surface area contributed by atoms with Gasteiger partial charge in [0.2, 0.25) is 0 Å². The summed E-state index contributed by atoms with van der Waals surface area (Å²) in [5.74, 6) is 0.954. The molecule has 0 saturated heterocycles. The molecule has 3 aromatic carbocycles. The Morgan fingerprint density at radius 1 is 0.966 bits per heavy atom. The summed E-state index contributed by atoms with van der Waals surface area (Å²) in [4.78, 5) is 12.7. The molecule has 4 aromatic rings. The Balaban J connectivity index is 1.66. The summed E-state index contributed by atoms with van der Waals surface area (Å²) in [6, 6.07) is 18.9. The van der Waals surface area contributed by atoms with Gasteiger partial charge in [0.1, 0.15) is 29.5 Å². The van der Waals surface area contributed by atoms with E-state index in [-0.39, 0.29) is 12.4 Å². The predicted molar refractivity (Wildman–Crippen MR) is 110 cm³/mol. The van der Waals surface area contributed by atoms with Crippen molar-refractivity contribution in [2.45, 2.75) is 13.5 Å². The van der Waals surface area contributed by atoms with E-state index in [9.17, 15) is 9.18 Å². The first-order valence-corrected chi connectivity index (χ1v) is 9.14. The lowest BCUT2D eigenvalue weighted by Gasteiger charge is -2.11. The van der Waals surface area contributed by atoms with Gasteiger partial charge in [0.05, 0.1) is 12.7 Å². The number of benzene rings is 3. The van der Waals surface area contributed by atoms with Crippen LogP contribution < -0.4 is 15.1 Å². The Hall–Kier alpha value is -3.60. The molecular formula is C24H19FO4. The molecule has 0 fully saturated rings. The fourth-order valence-electron chi connectivity index (χ4n) is 3.31. The summed E-state index contributed by atoms with van der Waals surface area (Å²) in [7, 11) is 1.60. The van der Waals surface area contributed by atoms with Crippen LogP contribution in [0.5, 0.6) is 11.5 Å². The molecule has 29 heavy (non-hydrogen) atoms. The van der Waals surface area contributed by atoms with Crippen molar-refractivity contribution in [3.63, 3.8) is 0 Å². The summed E-state index contributed by atoms with van der Waals surface area (Å²) in [6.45, 7) is 2.11. The third kappa shape index (κ3) is 3.85. The average Bonchev–Trinajstić information content (AvgIpc) is 2.72. The predicted octanol–water partition coefficient (Wildman–Crippen LogP) is 5.50. The number of hydrogen-bond acceptors (Lipinski definition) is 4. The molecule has 0 aliphatic rings. The molecule has 4 rings (SSSR count). The molecule has 0 bridgehead atoms. The summed E-state index contributed by atoms with van der Waals surface area (Å²) in [6.07, 6.45) is 0. The Morgan fingerprint density at radius 2 is 1.72 bits per heavy atom. The van der Waals surface area contributed by atoms with Crippen LogP contribution in [0.25, 0.3) is 22.1 Å². The molecule has 0 saturated carbocycles. The van der Waals surface area contributed by atoms with Crippen LogP contribution in [0.15, 0.2) is 75.9 Å². The van der Waals surface area contributed by atoms with Gasteiger partial charge in [-0.3, -0.25) is 0 Å². The molecule has 0 aliphatic carbocycles. The monoisotopic (exact) mass is 390 g/mol. The van der Waals surface area contributed by atoms with E-state index in [0.29, 0.717) is 16.9 Å². The molecular weight excluding hydrogens is 371 g/mol. The Labute approximate surface area is 167 Å². The zero-order valence-electron chi connectivity index (χ0n) is 16.1. The van der Waals surface area contributed by atoms with E-state index >= 15 is 0 Å². The fourth-order valence-corrected chi connectivity index (χ4v) is 3.31. The molecule has 0 atom stereocenters. The van der Waals surface area contributed by atoms with Crippen molar-refractivity contribution in [1.82, 2.24) is 0 Å². The van der Waals surface area contributed by atoms with Crippen LogP contribution in [-0.2, 0) is 6.61 Å². The summed E-state index contributed by atoms with van der Waals surface area (Å²) in [5.41, 5.74) is 2.87. The van der Waals surface area contributed by atoms with Gasteiger partial charge in [0.15, 0.2) is 0 Å². The topological polar surface area (TPSA) is 48.7 Å². The number of aryl methyl sites for hydroxylation is 1. The van der Waals surface area contributed by atoms with Crippen LogP contribution in [0.4, 0.5) is 4.39 Å². The molecule has 0 N–H and O–H groups in total. The zero-order valence-corrected chi connectivity index (χ0v) is 16.1. The van der Waals surface area contributed by atoms with Crippen molar-refractivity contribution in [2.75, 3.05) is 7.11 Å². The maximum atomic E-state index is 13.3. The average molecular weight is 390 g/mol. The Bertz CT molecular complexity index is 1230. The second-order valence-electron chi connectivity index (χ2n) is 6.69. The molecule has 4 nitrogen and oxygen atoms in total. The first kappa shape index (κ1) is 18.7. The number of rotatable bonds is 5. The number of ether oxygens (including phenoxy) is 2. The van der Waals surface area contributed by atoms with E-state index in [4.69, 9.17) is 13.9 Å². The molecule has 1 heterocycles. The lowest BCUT2D eigenvalue weighted by atomic mass is 9.99. The molecule has 0 aliphatic heterocycles. The number of fused-ring (bicyclic) bond motifs is 1. The lowest BCUT2D eigenvalue weighted by Crippen LogP contribution is -2.06. The first-order chi connectivity index (χ1) is 14.0. The van der Waals surface area contributed by atoms with E-state index in [0.717, 1.165) is 27.8 Å². The van der Waals surface area contributed by atoms with Crippen molar-refractivity contribution in [1.29, 1.82) is 0 Å². The quantitative estimate of drug-likeness (QED) is 0.423. The highest BCUT2D eigenvalue weighted by Crippen LogP contribution is 2.30. The van der Waals surface area contributed by atoms with Gasteiger partial charge in [-0.2, -0.15) is 0 Å². The highest BCUT2D eigenvalue weighted by molar-refractivity contribution is 5.87. The summed E-state index contributed by atoms with van der Waals surface area (Å²) >= 11 is 0. The Morgan fingerprint density at radius 3 is 2.45 bits per heavy atom. The molecule has 0 radical (unpaired) electrons. The van der Waals surface area contributed by atoms with E-state index in [1.165, 1.54) is 12.1 Å². The minimum absolute atomic E-state index is 0.219. The van der Waals surface area contributed by atoms with Crippen LogP contribution in [0.1, 0.15) is 11.1 Å². The van der Waals surface area contributed by atoms with Gasteiger partial charge < -0.3 is 13.9 Å². The van der Waals surface area contributed by atoms with Crippen LogP contribution >= 0.6 is 0 Å². The molecule has 1 aromatic heterocycles. The minimum Gasteiger partial charge on any atom is -0.497 e. The summed E-state index contributed by atoms with van der Waals surface area (Å²) in [5, 5.41) is 0.827. The number of methoxy groups -OCH3 is 1. The van der Waals surface area contributed by atoms with Gasteiger partial charge in [-0.1, -0.05) is 24.3 Å². The van der Waals surface area contributed by atoms with E-state index in [1.54, 1.807) is 25.3 Å². The second-order valence-corrected chi connectivity index (χ2v) is 6.69. The van der Waals surface area contributed by atoms with E-state index < -0.39 is 5.63 Å². The maximum absolute atomic E-state index is 13.3. The van der Waals surface area contributed by atoms with Gasteiger partial charge in [-0.05, 0) is 60.0 Å². The van der Waals surface area contributed by atoms with Crippen molar-refractivity contribution in [3.8, 4) is 22.6 Å². The van der Waals surface area contributed by atoms with Crippen LogP contribution in [0, 0.1) is 12.7 Å². The standard InChI is InChI=1S/C24H19FO4/c1-15-21-11-10-20(28-14-16-4-3-5-18(25)12-16)13-22(21)29-24(26)23(15)17-6-8-19(27-2)9-7-17/h3-13H,14H2,1-2H3. The van der Waals surface area contributed by atoms with Crippen molar-refractivity contribution in [3.05, 3.63) is 94.1 Å². The highest BCUT2D eigenvalue weighted by atomic mass is 19.1. The van der Waals surface area contributed by atoms with Crippen LogP contribution in [-0.4, -0.2) is 7.11 Å². The van der Waals surface area contributed by atoms with Gasteiger partial charge >= 0.3 is 5.63 Å². The van der Waals surface area contributed by atoms with Gasteiger partial charge in [0, 0.05) is 11.5 Å². The van der Waals surface area contributed by atoms with E-state index in [1.807, 2.05) is 43.3 Å². The normalized spacial score (nSPS) is 10.9. The zero-order chi connectivity index (χ0) is 20.4. The highest BCUT2D eigenvalue weighted by Gasteiger charge is 2.14. The minimum atomic E-state index is -0.414. The second kappa shape index (κ2) is 7.80. The number of halogens is 1. The molecule has 0 unspecified atom stereocenters. The van der Waals surface area contributed by atoms with Gasteiger partial charge in [-0.25, -0.2) is 9.18 Å².